The second-order valence-electron chi connectivity index (χ2n) is 4.72. The molecule has 6 nitrogen and oxygen atoms in total. The van der Waals surface area contributed by atoms with E-state index in [0.29, 0.717) is 5.69 Å². The summed E-state index contributed by atoms with van der Waals surface area (Å²) in [6, 6.07) is 3.97. The van der Waals surface area contributed by atoms with Crippen molar-refractivity contribution >= 4 is 17.4 Å². The van der Waals surface area contributed by atoms with E-state index in [-0.39, 0.29) is 35.8 Å². The van der Waals surface area contributed by atoms with Crippen molar-refractivity contribution in [2.24, 2.45) is 7.05 Å². The number of ether oxygens (including phenoxy) is 1. The maximum atomic E-state index is 13.5. The van der Waals surface area contributed by atoms with Crippen LogP contribution in [-0.4, -0.2) is 28.6 Å². The average molecular weight is 305 g/mol. The van der Waals surface area contributed by atoms with E-state index in [0.717, 1.165) is 6.07 Å². The van der Waals surface area contributed by atoms with Crippen LogP contribution < -0.4 is 10.1 Å². The zero-order chi connectivity index (χ0) is 16.1. The summed E-state index contributed by atoms with van der Waals surface area (Å²) >= 11 is 0. The summed E-state index contributed by atoms with van der Waals surface area (Å²) < 4.78 is 19.9. The third-order valence-corrected chi connectivity index (χ3v) is 3.04. The highest BCUT2D eigenvalue weighted by Gasteiger charge is 2.12. The van der Waals surface area contributed by atoms with Crippen molar-refractivity contribution in [3.8, 4) is 5.75 Å². The van der Waals surface area contributed by atoms with Crippen molar-refractivity contribution in [2.75, 3.05) is 12.4 Å². The van der Waals surface area contributed by atoms with Gasteiger partial charge in [-0.3, -0.25) is 14.3 Å². The van der Waals surface area contributed by atoms with Gasteiger partial charge in [0.15, 0.2) is 17.3 Å². The third-order valence-electron chi connectivity index (χ3n) is 3.04. The number of amides is 1. The lowest BCUT2D eigenvalue weighted by molar-refractivity contribution is -0.116. The van der Waals surface area contributed by atoms with Crippen LogP contribution in [0.25, 0.3) is 0 Å². The van der Waals surface area contributed by atoms with Gasteiger partial charge in [0.25, 0.3) is 0 Å². The molecule has 7 heteroatoms. The van der Waals surface area contributed by atoms with E-state index in [1.54, 1.807) is 17.9 Å². The number of anilines is 1. The SMILES string of the molecule is COc1ccc(C(=O)CCC(=O)Nc2cnn(C)c2)cc1F. The summed E-state index contributed by atoms with van der Waals surface area (Å²) in [5.74, 6) is -1.13. The number of nitrogens with zero attached hydrogens (tertiary/aromatic N) is 2. The van der Waals surface area contributed by atoms with E-state index in [1.807, 2.05) is 0 Å². The quantitative estimate of drug-likeness (QED) is 0.830. The Morgan fingerprint density at radius 1 is 1.36 bits per heavy atom. The summed E-state index contributed by atoms with van der Waals surface area (Å²) in [5.41, 5.74) is 0.780. The van der Waals surface area contributed by atoms with E-state index in [4.69, 9.17) is 4.74 Å². The molecule has 0 aliphatic rings. The largest absolute Gasteiger partial charge is 0.494 e. The number of aromatic nitrogens is 2. The molecule has 22 heavy (non-hydrogen) atoms. The topological polar surface area (TPSA) is 73.2 Å². The van der Waals surface area contributed by atoms with Gasteiger partial charge in [0.05, 0.1) is 19.0 Å². The molecule has 2 rings (SSSR count). The molecule has 0 fully saturated rings. The van der Waals surface area contributed by atoms with Gasteiger partial charge in [-0.25, -0.2) is 4.39 Å². The Balaban J connectivity index is 1.89. The fourth-order valence-corrected chi connectivity index (χ4v) is 1.92. The summed E-state index contributed by atoms with van der Waals surface area (Å²) in [5, 5.41) is 6.55. The van der Waals surface area contributed by atoms with Gasteiger partial charge in [-0.2, -0.15) is 5.10 Å². The normalized spacial score (nSPS) is 10.3. The number of methoxy groups -OCH3 is 1. The Labute approximate surface area is 126 Å². The third kappa shape index (κ3) is 3.91. The number of rotatable bonds is 6. The maximum Gasteiger partial charge on any atom is 0.224 e. The fourth-order valence-electron chi connectivity index (χ4n) is 1.92. The Kier molecular flexibility index (Phi) is 4.88. The molecule has 1 heterocycles. The Morgan fingerprint density at radius 2 is 2.14 bits per heavy atom. The molecule has 1 amide bonds. The van der Waals surface area contributed by atoms with E-state index in [1.165, 1.54) is 25.4 Å². The molecule has 1 N–H and O–H groups in total. The van der Waals surface area contributed by atoms with Crippen LogP contribution in [0.3, 0.4) is 0 Å². The van der Waals surface area contributed by atoms with Crippen LogP contribution in [0.5, 0.6) is 5.75 Å². The van der Waals surface area contributed by atoms with Crippen molar-refractivity contribution in [1.82, 2.24) is 9.78 Å². The number of ketones is 1. The van der Waals surface area contributed by atoms with E-state index < -0.39 is 5.82 Å². The minimum atomic E-state index is -0.604. The number of nitrogens with one attached hydrogen (secondary N) is 1. The molecule has 0 unspecified atom stereocenters. The smallest absolute Gasteiger partial charge is 0.224 e. The van der Waals surface area contributed by atoms with Crippen LogP contribution in [0.4, 0.5) is 10.1 Å². The molecular formula is C15H16FN3O3. The predicted octanol–water partition coefficient (Wildman–Crippen LogP) is 2.17. The number of Topliss-reactive ketones (excluding diaryl/α,β-unsaturated/α-hetero) is 1. The Morgan fingerprint density at radius 3 is 2.73 bits per heavy atom. The summed E-state index contributed by atoms with van der Waals surface area (Å²) in [6.45, 7) is 0. The van der Waals surface area contributed by atoms with Gasteiger partial charge < -0.3 is 10.1 Å². The van der Waals surface area contributed by atoms with Gasteiger partial charge in [-0.05, 0) is 18.2 Å². The first-order chi connectivity index (χ1) is 10.5. The second-order valence-corrected chi connectivity index (χ2v) is 4.72. The predicted molar refractivity (Wildman–Crippen MR) is 78.4 cm³/mol. The molecule has 0 bridgehead atoms. The standard InChI is InChI=1S/C15H16FN3O3/c1-19-9-11(8-17-19)18-15(21)6-4-13(20)10-3-5-14(22-2)12(16)7-10/h3,5,7-9H,4,6H2,1-2H3,(H,18,21). The lowest BCUT2D eigenvalue weighted by atomic mass is 10.1. The van der Waals surface area contributed by atoms with Crippen LogP contribution in [-0.2, 0) is 11.8 Å². The minimum absolute atomic E-state index is 0.00212. The van der Waals surface area contributed by atoms with Crippen LogP contribution in [0.15, 0.2) is 30.6 Å². The van der Waals surface area contributed by atoms with Crippen LogP contribution in [0, 0.1) is 5.82 Å². The monoisotopic (exact) mass is 305 g/mol. The number of carbonyl (C=O) groups is 2. The number of carbonyl (C=O) groups excluding carboxylic acids is 2. The van der Waals surface area contributed by atoms with Gasteiger partial charge >= 0.3 is 0 Å². The molecule has 0 spiro atoms. The average Bonchev–Trinajstić information content (AvgIpc) is 2.89. The van der Waals surface area contributed by atoms with Gasteiger partial charge in [0, 0.05) is 31.6 Å². The molecule has 0 radical (unpaired) electrons. The molecule has 0 saturated heterocycles. The highest BCUT2D eigenvalue weighted by molar-refractivity contribution is 6.00. The van der Waals surface area contributed by atoms with Crippen LogP contribution >= 0.6 is 0 Å². The van der Waals surface area contributed by atoms with Crippen molar-refractivity contribution in [3.63, 3.8) is 0 Å². The summed E-state index contributed by atoms with van der Waals surface area (Å²) in [6.07, 6.45) is 3.18. The first kappa shape index (κ1) is 15.7. The van der Waals surface area contributed by atoms with Gasteiger partial charge in [0.1, 0.15) is 0 Å². The zero-order valence-corrected chi connectivity index (χ0v) is 12.3. The first-order valence-corrected chi connectivity index (χ1v) is 6.65. The van der Waals surface area contributed by atoms with E-state index >= 15 is 0 Å². The molecule has 0 atom stereocenters. The number of hydrogen-bond donors (Lipinski definition) is 1. The number of halogens is 1. The fraction of sp³-hybridized carbons (Fsp3) is 0.267. The zero-order valence-electron chi connectivity index (χ0n) is 12.3. The molecule has 1 aromatic heterocycles. The van der Waals surface area contributed by atoms with Crippen molar-refractivity contribution in [1.29, 1.82) is 0 Å². The van der Waals surface area contributed by atoms with Crippen molar-refractivity contribution < 1.29 is 18.7 Å². The minimum Gasteiger partial charge on any atom is -0.494 e. The molecule has 0 aliphatic heterocycles. The first-order valence-electron chi connectivity index (χ1n) is 6.65. The van der Waals surface area contributed by atoms with Gasteiger partial charge in [-0.1, -0.05) is 0 Å². The molecular weight excluding hydrogens is 289 g/mol. The Bertz CT molecular complexity index is 697. The van der Waals surface area contributed by atoms with Crippen LogP contribution in [0.2, 0.25) is 0 Å². The molecule has 0 aliphatic carbocycles. The lowest BCUT2D eigenvalue weighted by Gasteiger charge is -2.05. The molecule has 2 aromatic rings. The summed E-state index contributed by atoms with van der Waals surface area (Å²) in [7, 11) is 3.08. The van der Waals surface area contributed by atoms with Gasteiger partial charge in [0.2, 0.25) is 5.91 Å². The maximum absolute atomic E-state index is 13.5. The van der Waals surface area contributed by atoms with Crippen molar-refractivity contribution in [3.05, 3.63) is 42.0 Å². The highest BCUT2D eigenvalue weighted by Crippen LogP contribution is 2.19. The Hall–Kier alpha value is -2.70. The van der Waals surface area contributed by atoms with Crippen molar-refractivity contribution in [2.45, 2.75) is 12.8 Å². The highest BCUT2D eigenvalue weighted by atomic mass is 19.1. The summed E-state index contributed by atoms with van der Waals surface area (Å²) in [4.78, 5) is 23.7. The lowest BCUT2D eigenvalue weighted by Crippen LogP contribution is -2.13. The molecule has 0 saturated carbocycles. The molecule has 1 aromatic carbocycles. The number of aryl methyl sites for hydroxylation is 1. The second kappa shape index (κ2) is 6.84. The van der Waals surface area contributed by atoms with Crippen LogP contribution in [0.1, 0.15) is 23.2 Å². The van der Waals surface area contributed by atoms with Gasteiger partial charge in [-0.15, -0.1) is 0 Å². The number of benzene rings is 1. The molecule has 116 valence electrons. The number of hydrogen-bond acceptors (Lipinski definition) is 4. The van der Waals surface area contributed by atoms with E-state index in [9.17, 15) is 14.0 Å². The van der Waals surface area contributed by atoms with E-state index in [2.05, 4.69) is 10.4 Å².